The molecular formula is C17H21BrN4O2S. The van der Waals surface area contributed by atoms with Crippen LogP contribution in [0.4, 0.5) is 0 Å². The molecule has 0 spiro atoms. The Balaban J connectivity index is 1.54. The normalized spacial score (nSPS) is 18.2. The second-order valence-electron chi connectivity index (χ2n) is 6.11. The second-order valence-corrected chi connectivity index (χ2v) is 7.94. The quantitative estimate of drug-likeness (QED) is 0.772. The van der Waals surface area contributed by atoms with Gasteiger partial charge in [-0.1, -0.05) is 6.42 Å². The molecule has 1 atom stereocenters. The van der Waals surface area contributed by atoms with Crippen LogP contribution in [0.25, 0.3) is 0 Å². The standard InChI is InChI=1S/C17H21BrN4O2S/c18-13-10-15(25-12-13)17(24)19-11-14-4-1-2-7-21(14)8-9-22-16(23)5-3-6-20-22/h3,5-6,10,12,14H,1-2,4,7-9,11H2,(H,19,24). The molecule has 1 saturated heterocycles. The van der Waals surface area contributed by atoms with Crippen LogP contribution in [0.15, 0.2) is 39.0 Å². The van der Waals surface area contributed by atoms with Gasteiger partial charge < -0.3 is 5.32 Å². The summed E-state index contributed by atoms with van der Waals surface area (Å²) in [6, 6.07) is 5.33. The molecule has 0 saturated carbocycles. The monoisotopic (exact) mass is 424 g/mol. The molecule has 0 aromatic carbocycles. The highest BCUT2D eigenvalue weighted by Crippen LogP contribution is 2.20. The zero-order chi connectivity index (χ0) is 17.6. The fourth-order valence-electron chi connectivity index (χ4n) is 3.09. The van der Waals surface area contributed by atoms with Gasteiger partial charge in [0.05, 0.1) is 11.4 Å². The number of rotatable bonds is 6. The first kappa shape index (κ1) is 18.3. The zero-order valence-corrected chi connectivity index (χ0v) is 16.3. The highest BCUT2D eigenvalue weighted by molar-refractivity contribution is 9.10. The van der Waals surface area contributed by atoms with Crippen LogP contribution >= 0.6 is 27.3 Å². The van der Waals surface area contributed by atoms with Crippen molar-refractivity contribution in [3.8, 4) is 0 Å². The minimum atomic E-state index is -0.0763. The Morgan fingerprint density at radius 1 is 1.40 bits per heavy atom. The van der Waals surface area contributed by atoms with Crippen LogP contribution in [0, 0.1) is 0 Å². The van der Waals surface area contributed by atoms with E-state index in [1.165, 1.54) is 28.5 Å². The van der Waals surface area contributed by atoms with Gasteiger partial charge in [-0.2, -0.15) is 5.10 Å². The fraction of sp³-hybridized carbons (Fsp3) is 0.471. The van der Waals surface area contributed by atoms with Gasteiger partial charge in [0, 0.05) is 41.2 Å². The van der Waals surface area contributed by atoms with E-state index in [1.54, 1.807) is 12.3 Å². The summed E-state index contributed by atoms with van der Waals surface area (Å²) < 4.78 is 2.43. The van der Waals surface area contributed by atoms with Gasteiger partial charge in [-0.3, -0.25) is 14.5 Å². The number of carbonyl (C=O) groups excluding carboxylic acids is 1. The van der Waals surface area contributed by atoms with Crippen molar-refractivity contribution in [1.82, 2.24) is 20.0 Å². The van der Waals surface area contributed by atoms with Crippen molar-refractivity contribution in [2.45, 2.75) is 31.8 Å². The molecule has 1 aliphatic heterocycles. The molecule has 6 nitrogen and oxygen atoms in total. The van der Waals surface area contributed by atoms with Gasteiger partial charge in [-0.15, -0.1) is 11.3 Å². The van der Waals surface area contributed by atoms with Crippen LogP contribution in [0.2, 0.25) is 0 Å². The average Bonchev–Trinajstić information content (AvgIpc) is 3.06. The lowest BCUT2D eigenvalue weighted by Gasteiger charge is -2.35. The van der Waals surface area contributed by atoms with Crippen molar-refractivity contribution < 1.29 is 4.79 Å². The molecule has 1 fully saturated rings. The Labute approximate surface area is 159 Å². The minimum Gasteiger partial charge on any atom is -0.350 e. The third-order valence-electron chi connectivity index (χ3n) is 4.42. The minimum absolute atomic E-state index is 0.0258. The van der Waals surface area contributed by atoms with Crippen molar-refractivity contribution in [3.05, 3.63) is 49.5 Å². The summed E-state index contributed by atoms with van der Waals surface area (Å²) in [6.07, 6.45) is 5.02. The molecular weight excluding hydrogens is 404 g/mol. The number of nitrogens with zero attached hydrogens (tertiary/aromatic N) is 3. The van der Waals surface area contributed by atoms with E-state index in [1.807, 2.05) is 11.4 Å². The molecule has 25 heavy (non-hydrogen) atoms. The Bertz CT molecular complexity index is 776. The molecule has 3 heterocycles. The van der Waals surface area contributed by atoms with Gasteiger partial charge in [-0.25, -0.2) is 4.68 Å². The topological polar surface area (TPSA) is 67.2 Å². The number of hydrogen-bond donors (Lipinski definition) is 1. The second kappa shape index (κ2) is 8.73. The van der Waals surface area contributed by atoms with E-state index in [0.29, 0.717) is 24.0 Å². The van der Waals surface area contributed by atoms with Crippen LogP contribution in [0.3, 0.4) is 0 Å². The average molecular weight is 425 g/mol. The summed E-state index contributed by atoms with van der Waals surface area (Å²) in [5.74, 6) is -0.0258. The van der Waals surface area contributed by atoms with Crippen LogP contribution in [-0.2, 0) is 6.54 Å². The number of piperidine rings is 1. The molecule has 2 aromatic rings. The van der Waals surface area contributed by atoms with E-state index in [0.717, 1.165) is 30.4 Å². The van der Waals surface area contributed by atoms with E-state index in [9.17, 15) is 9.59 Å². The van der Waals surface area contributed by atoms with Crippen LogP contribution in [-0.4, -0.2) is 46.3 Å². The highest BCUT2D eigenvalue weighted by Gasteiger charge is 2.23. The van der Waals surface area contributed by atoms with Crippen LogP contribution < -0.4 is 10.9 Å². The number of amides is 1. The summed E-state index contributed by atoms with van der Waals surface area (Å²) >= 11 is 4.81. The van der Waals surface area contributed by atoms with E-state index < -0.39 is 0 Å². The van der Waals surface area contributed by atoms with Gasteiger partial charge in [0.25, 0.3) is 11.5 Å². The van der Waals surface area contributed by atoms with E-state index in [2.05, 4.69) is 31.2 Å². The SMILES string of the molecule is O=C(NCC1CCCCN1CCn1ncccc1=O)c1cc(Br)cs1. The molecule has 134 valence electrons. The predicted octanol–water partition coefficient (Wildman–Crippen LogP) is 2.35. The molecule has 0 radical (unpaired) electrons. The number of carbonyl (C=O) groups is 1. The molecule has 0 aliphatic carbocycles. The fourth-order valence-corrected chi connectivity index (χ4v) is 4.44. The third-order valence-corrected chi connectivity index (χ3v) is 6.11. The Morgan fingerprint density at radius 2 is 2.28 bits per heavy atom. The smallest absolute Gasteiger partial charge is 0.266 e. The maximum absolute atomic E-state index is 12.2. The molecule has 0 bridgehead atoms. The summed E-state index contributed by atoms with van der Waals surface area (Å²) in [5.41, 5.74) is -0.0763. The molecule has 1 N–H and O–H groups in total. The van der Waals surface area contributed by atoms with Gasteiger partial charge >= 0.3 is 0 Å². The van der Waals surface area contributed by atoms with Crippen LogP contribution in [0.5, 0.6) is 0 Å². The molecule has 1 unspecified atom stereocenters. The number of nitrogens with one attached hydrogen (secondary N) is 1. The van der Waals surface area contributed by atoms with Gasteiger partial charge in [0.2, 0.25) is 0 Å². The number of halogens is 1. The van der Waals surface area contributed by atoms with Gasteiger partial charge in [0.15, 0.2) is 0 Å². The maximum Gasteiger partial charge on any atom is 0.266 e. The first-order chi connectivity index (χ1) is 12.1. The van der Waals surface area contributed by atoms with Crippen molar-refractivity contribution in [3.63, 3.8) is 0 Å². The lowest BCUT2D eigenvalue weighted by Crippen LogP contribution is -2.48. The van der Waals surface area contributed by atoms with Gasteiger partial charge in [0.1, 0.15) is 0 Å². The van der Waals surface area contributed by atoms with Crippen molar-refractivity contribution in [2.75, 3.05) is 19.6 Å². The lowest BCUT2D eigenvalue weighted by molar-refractivity contribution is 0.0913. The summed E-state index contributed by atoms with van der Waals surface area (Å²) in [4.78, 5) is 27.1. The molecule has 2 aromatic heterocycles. The number of thiophene rings is 1. The summed E-state index contributed by atoms with van der Waals surface area (Å²) in [7, 11) is 0. The summed E-state index contributed by atoms with van der Waals surface area (Å²) in [5, 5.41) is 9.06. The van der Waals surface area contributed by atoms with Crippen LogP contribution in [0.1, 0.15) is 28.9 Å². The largest absolute Gasteiger partial charge is 0.350 e. The maximum atomic E-state index is 12.2. The Morgan fingerprint density at radius 3 is 3.04 bits per heavy atom. The van der Waals surface area contributed by atoms with E-state index in [4.69, 9.17) is 0 Å². The molecule has 3 rings (SSSR count). The van der Waals surface area contributed by atoms with Gasteiger partial charge in [-0.05, 0) is 47.4 Å². The van der Waals surface area contributed by atoms with Crippen molar-refractivity contribution in [1.29, 1.82) is 0 Å². The Hall–Kier alpha value is -1.51. The first-order valence-corrected chi connectivity index (χ1v) is 10.1. The highest BCUT2D eigenvalue weighted by atomic mass is 79.9. The van der Waals surface area contributed by atoms with E-state index in [-0.39, 0.29) is 11.5 Å². The molecule has 1 amide bonds. The molecule has 1 aliphatic rings. The first-order valence-electron chi connectivity index (χ1n) is 8.42. The van der Waals surface area contributed by atoms with E-state index >= 15 is 0 Å². The summed E-state index contributed by atoms with van der Waals surface area (Å²) in [6.45, 7) is 2.96. The Kier molecular flexibility index (Phi) is 6.39. The lowest BCUT2D eigenvalue weighted by atomic mass is 10.0. The number of likely N-dealkylation sites (tertiary alicyclic amines) is 1. The van der Waals surface area contributed by atoms with Crippen molar-refractivity contribution >= 4 is 33.2 Å². The number of aromatic nitrogens is 2. The third kappa shape index (κ3) is 4.99. The predicted molar refractivity (Wildman–Crippen MR) is 102 cm³/mol. The number of hydrogen-bond acceptors (Lipinski definition) is 5. The van der Waals surface area contributed by atoms with Crippen molar-refractivity contribution in [2.24, 2.45) is 0 Å². The molecule has 8 heteroatoms. The zero-order valence-electron chi connectivity index (χ0n) is 13.9.